The van der Waals surface area contributed by atoms with E-state index in [9.17, 15) is 4.79 Å². The Hall–Kier alpha value is -1.84. The number of aromatic amines is 1. The minimum Gasteiger partial charge on any atom is -0.394 e. The van der Waals surface area contributed by atoms with Gasteiger partial charge in [-0.15, -0.1) is 0 Å². The highest BCUT2D eigenvalue weighted by Gasteiger charge is 1.98. The van der Waals surface area contributed by atoms with Crippen LogP contribution in [0.1, 0.15) is 12.0 Å². The number of nitrogens with zero attached hydrogens (tertiary/aromatic N) is 1. The Kier molecular flexibility index (Phi) is 3.85. The van der Waals surface area contributed by atoms with Gasteiger partial charge < -0.3 is 15.9 Å². The molecule has 1 heterocycles. The van der Waals surface area contributed by atoms with Crippen LogP contribution in [0.4, 0.5) is 5.95 Å². The van der Waals surface area contributed by atoms with E-state index >= 15 is 0 Å². The van der Waals surface area contributed by atoms with Gasteiger partial charge in [-0.25, -0.2) is 4.98 Å². The molecule has 0 fully saturated rings. The molecule has 0 aliphatic rings. The molecule has 1 aromatic rings. The number of nitrogen functional groups attached to an aromatic ring is 1. The first-order chi connectivity index (χ1) is 7.13. The number of rotatable bonds is 2. The van der Waals surface area contributed by atoms with Crippen LogP contribution in [0.25, 0.3) is 0 Å². The molecule has 6 heteroatoms. The van der Waals surface area contributed by atoms with E-state index in [0.717, 1.165) is 0 Å². The average Bonchev–Trinajstić information content (AvgIpc) is 2.21. The fraction of sp³-hybridized carbons (Fsp3) is 0.333. The van der Waals surface area contributed by atoms with Gasteiger partial charge in [-0.3, -0.25) is 9.78 Å². The number of nitrogens with two attached hydrogens (primary N) is 1. The molecular weight excluding hydrogens is 198 g/mol. The first-order valence-corrected chi connectivity index (χ1v) is 4.26. The van der Waals surface area contributed by atoms with E-state index in [1.165, 1.54) is 6.20 Å². The highest BCUT2D eigenvalue weighted by atomic mass is 16.3. The third kappa shape index (κ3) is 3.42. The average molecular weight is 209 g/mol. The van der Waals surface area contributed by atoms with Gasteiger partial charge in [-0.05, 0) is 0 Å². The van der Waals surface area contributed by atoms with Gasteiger partial charge in [0.05, 0.1) is 18.9 Å². The molecule has 1 aromatic heterocycles. The number of aromatic nitrogens is 2. The quantitative estimate of drug-likeness (QED) is 0.440. The van der Waals surface area contributed by atoms with Crippen LogP contribution in [-0.4, -0.2) is 32.9 Å². The van der Waals surface area contributed by atoms with Gasteiger partial charge in [0.25, 0.3) is 5.56 Å². The number of aliphatic hydroxyl groups is 2. The molecule has 1 rings (SSSR count). The minimum absolute atomic E-state index is 0.0287. The molecule has 0 bridgehead atoms. The van der Waals surface area contributed by atoms with E-state index < -0.39 is 11.7 Å². The summed E-state index contributed by atoms with van der Waals surface area (Å²) in [6.07, 6.45) is 0.464. The van der Waals surface area contributed by atoms with Gasteiger partial charge in [0.15, 0.2) is 5.95 Å². The highest BCUT2D eigenvalue weighted by Crippen LogP contribution is 1.90. The topological polar surface area (TPSA) is 112 Å². The Bertz CT molecular complexity index is 444. The summed E-state index contributed by atoms with van der Waals surface area (Å²) in [5.74, 6) is 5.10. The van der Waals surface area contributed by atoms with E-state index in [0.29, 0.717) is 0 Å². The predicted molar refractivity (Wildman–Crippen MR) is 53.9 cm³/mol. The predicted octanol–water partition coefficient (Wildman–Crippen LogP) is -1.55. The summed E-state index contributed by atoms with van der Waals surface area (Å²) in [4.78, 5) is 17.1. The molecule has 15 heavy (non-hydrogen) atoms. The van der Waals surface area contributed by atoms with Gasteiger partial charge in [0.1, 0.15) is 5.56 Å². The lowest BCUT2D eigenvalue weighted by Gasteiger charge is -1.98. The largest absolute Gasteiger partial charge is 0.394 e. The molecule has 0 saturated heterocycles. The van der Waals surface area contributed by atoms with E-state index in [-0.39, 0.29) is 24.5 Å². The molecule has 0 unspecified atom stereocenters. The van der Waals surface area contributed by atoms with Gasteiger partial charge in [0, 0.05) is 6.42 Å². The summed E-state index contributed by atoms with van der Waals surface area (Å²) in [7, 11) is 0. The molecule has 0 aromatic carbocycles. The third-order valence-electron chi connectivity index (χ3n) is 1.59. The summed E-state index contributed by atoms with van der Waals surface area (Å²) in [6, 6.07) is 0. The number of hydrogen-bond donors (Lipinski definition) is 4. The van der Waals surface area contributed by atoms with E-state index in [2.05, 4.69) is 21.8 Å². The zero-order valence-electron chi connectivity index (χ0n) is 7.90. The summed E-state index contributed by atoms with van der Waals surface area (Å²) in [5, 5.41) is 17.5. The van der Waals surface area contributed by atoms with Crippen molar-refractivity contribution in [3.63, 3.8) is 0 Å². The van der Waals surface area contributed by atoms with Gasteiger partial charge in [-0.1, -0.05) is 11.8 Å². The highest BCUT2D eigenvalue weighted by molar-refractivity contribution is 5.32. The van der Waals surface area contributed by atoms with Crippen LogP contribution in [0.5, 0.6) is 0 Å². The molecule has 1 atom stereocenters. The fourth-order valence-corrected chi connectivity index (χ4v) is 0.826. The first-order valence-electron chi connectivity index (χ1n) is 4.26. The Labute approximate surface area is 85.8 Å². The molecule has 0 spiro atoms. The zero-order valence-corrected chi connectivity index (χ0v) is 7.90. The fourth-order valence-electron chi connectivity index (χ4n) is 0.826. The number of nitrogens with one attached hydrogen (secondary N) is 1. The van der Waals surface area contributed by atoms with Gasteiger partial charge >= 0.3 is 0 Å². The Balaban J connectivity index is 2.76. The van der Waals surface area contributed by atoms with Crippen LogP contribution in [0.3, 0.4) is 0 Å². The molecule has 0 aliphatic carbocycles. The van der Waals surface area contributed by atoms with Gasteiger partial charge in [-0.2, -0.15) is 0 Å². The Morgan fingerprint density at radius 2 is 2.40 bits per heavy atom. The summed E-state index contributed by atoms with van der Waals surface area (Å²) < 4.78 is 0. The van der Waals surface area contributed by atoms with Crippen molar-refractivity contribution in [2.24, 2.45) is 0 Å². The molecule has 0 saturated carbocycles. The lowest BCUT2D eigenvalue weighted by atomic mass is 10.2. The normalized spacial score (nSPS) is 11.6. The molecule has 80 valence electrons. The maximum atomic E-state index is 11.2. The lowest BCUT2D eigenvalue weighted by Crippen LogP contribution is -2.14. The first kappa shape index (κ1) is 11.2. The summed E-state index contributed by atoms with van der Waals surface area (Å²) >= 11 is 0. The van der Waals surface area contributed by atoms with Crippen molar-refractivity contribution in [3.05, 3.63) is 22.1 Å². The zero-order chi connectivity index (χ0) is 11.3. The summed E-state index contributed by atoms with van der Waals surface area (Å²) in [6.45, 7) is -0.356. The molecule has 0 amide bonds. The second kappa shape index (κ2) is 5.14. The number of aliphatic hydroxyl groups excluding tert-OH is 2. The van der Waals surface area contributed by atoms with Crippen molar-refractivity contribution >= 4 is 5.95 Å². The minimum atomic E-state index is -0.890. The molecular formula is C9H11N3O3. The monoisotopic (exact) mass is 209 g/mol. The molecule has 0 aliphatic heterocycles. The van der Waals surface area contributed by atoms with E-state index in [1.54, 1.807) is 0 Å². The second-order valence-electron chi connectivity index (χ2n) is 2.85. The number of anilines is 1. The van der Waals surface area contributed by atoms with Crippen molar-refractivity contribution < 1.29 is 10.2 Å². The van der Waals surface area contributed by atoms with Crippen molar-refractivity contribution in [2.45, 2.75) is 12.5 Å². The van der Waals surface area contributed by atoms with Crippen LogP contribution in [0.15, 0.2) is 11.0 Å². The second-order valence-corrected chi connectivity index (χ2v) is 2.85. The standard InChI is InChI=1S/C9H11N3O3/c10-9-11-4-6(8(15)12-9)2-1-3-7(14)5-13/h4,7,13-14H,3,5H2,(H3,10,11,12,15)/t7-/m0/s1. The SMILES string of the molecule is Nc1ncc(C#CC[C@H](O)CO)c(=O)[nH]1. The third-order valence-corrected chi connectivity index (χ3v) is 1.59. The van der Waals surface area contributed by atoms with Crippen molar-refractivity contribution in [1.29, 1.82) is 0 Å². The lowest BCUT2D eigenvalue weighted by molar-refractivity contribution is 0.0992. The summed E-state index contributed by atoms with van der Waals surface area (Å²) in [5.41, 5.74) is 4.99. The van der Waals surface area contributed by atoms with E-state index in [1.807, 2.05) is 0 Å². The van der Waals surface area contributed by atoms with E-state index in [4.69, 9.17) is 15.9 Å². The Morgan fingerprint density at radius 1 is 1.67 bits per heavy atom. The van der Waals surface area contributed by atoms with Crippen LogP contribution in [-0.2, 0) is 0 Å². The van der Waals surface area contributed by atoms with Crippen LogP contribution in [0, 0.1) is 11.8 Å². The van der Waals surface area contributed by atoms with Gasteiger partial charge in [0.2, 0.25) is 0 Å². The maximum Gasteiger partial charge on any atom is 0.268 e. The number of hydrogen-bond acceptors (Lipinski definition) is 5. The number of H-pyrrole nitrogens is 1. The van der Waals surface area contributed by atoms with Crippen molar-refractivity contribution in [3.8, 4) is 11.8 Å². The Morgan fingerprint density at radius 3 is 3.00 bits per heavy atom. The van der Waals surface area contributed by atoms with Crippen LogP contribution < -0.4 is 11.3 Å². The molecule has 6 nitrogen and oxygen atoms in total. The maximum absolute atomic E-state index is 11.2. The molecule has 0 radical (unpaired) electrons. The van der Waals surface area contributed by atoms with Crippen LogP contribution in [0.2, 0.25) is 0 Å². The van der Waals surface area contributed by atoms with Crippen LogP contribution >= 0.6 is 0 Å². The molecule has 5 N–H and O–H groups in total. The smallest absolute Gasteiger partial charge is 0.268 e. The van der Waals surface area contributed by atoms with Crippen molar-refractivity contribution in [1.82, 2.24) is 9.97 Å². The van der Waals surface area contributed by atoms with Crippen molar-refractivity contribution in [2.75, 3.05) is 12.3 Å².